The molecule has 30 heavy (non-hydrogen) atoms. The lowest BCUT2D eigenvalue weighted by atomic mass is 10.1. The third-order valence-electron chi connectivity index (χ3n) is 5.08. The number of rotatable bonds is 5. The van der Waals surface area contributed by atoms with Gasteiger partial charge in [-0.3, -0.25) is 4.79 Å². The van der Waals surface area contributed by atoms with Crippen molar-refractivity contribution >= 4 is 17.2 Å². The van der Waals surface area contributed by atoms with Gasteiger partial charge in [0.15, 0.2) is 11.5 Å². The molecule has 1 aromatic heterocycles. The van der Waals surface area contributed by atoms with Gasteiger partial charge in [-0.1, -0.05) is 36.4 Å². The highest BCUT2D eigenvalue weighted by atomic mass is 32.1. The van der Waals surface area contributed by atoms with Crippen molar-refractivity contribution in [2.24, 2.45) is 0 Å². The van der Waals surface area contributed by atoms with E-state index < -0.39 is 0 Å². The van der Waals surface area contributed by atoms with Crippen LogP contribution in [0.4, 0.5) is 0 Å². The van der Waals surface area contributed by atoms with Crippen molar-refractivity contribution in [2.75, 3.05) is 27.3 Å². The summed E-state index contributed by atoms with van der Waals surface area (Å²) in [6.45, 7) is 3.03. The van der Waals surface area contributed by atoms with E-state index in [9.17, 15) is 4.79 Å². The van der Waals surface area contributed by atoms with Gasteiger partial charge in [0.25, 0.3) is 5.91 Å². The van der Waals surface area contributed by atoms with Crippen LogP contribution in [0.25, 0.3) is 10.6 Å². The molecule has 0 aliphatic carbocycles. The maximum Gasteiger partial charge on any atom is 0.273 e. The number of thiazole rings is 1. The Morgan fingerprint density at radius 2 is 1.90 bits per heavy atom. The van der Waals surface area contributed by atoms with E-state index in [0.717, 1.165) is 16.1 Å². The summed E-state index contributed by atoms with van der Waals surface area (Å²) in [7, 11) is 3.20. The topological polar surface area (TPSA) is 60.9 Å². The molecule has 7 heteroatoms. The molecule has 0 saturated carbocycles. The highest BCUT2D eigenvalue weighted by Gasteiger charge is 2.31. The van der Waals surface area contributed by atoms with Gasteiger partial charge in [0.2, 0.25) is 0 Å². The van der Waals surface area contributed by atoms with E-state index in [1.807, 2.05) is 60.4 Å². The third-order valence-corrected chi connectivity index (χ3v) is 5.95. The van der Waals surface area contributed by atoms with Gasteiger partial charge >= 0.3 is 0 Å². The Balaban J connectivity index is 1.57. The van der Waals surface area contributed by atoms with E-state index in [4.69, 9.17) is 14.2 Å². The van der Waals surface area contributed by atoms with E-state index in [-0.39, 0.29) is 18.1 Å². The SMILES string of the molecule is COc1cccc(-c2nc(C(=O)N3C[C@@H](C)O[C@@H](c4ccccc4)C3)cs2)c1OC. The van der Waals surface area contributed by atoms with Crippen molar-refractivity contribution in [1.82, 2.24) is 9.88 Å². The molecular formula is C23H24N2O4S. The minimum Gasteiger partial charge on any atom is -0.493 e. The zero-order valence-corrected chi connectivity index (χ0v) is 18.0. The number of para-hydroxylation sites is 1. The molecule has 156 valence electrons. The number of methoxy groups -OCH3 is 2. The quantitative estimate of drug-likeness (QED) is 0.606. The third kappa shape index (κ3) is 4.04. The van der Waals surface area contributed by atoms with Crippen LogP contribution in [0.15, 0.2) is 53.9 Å². The first-order valence-electron chi connectivity index (χ1n) is 9.77. The van der Waals surface area contributed by atoms with E-state index in [1.54, 1.807) is 19.6 Å². The molecule has 3 aromatic rings. The molecule has 0 N–H and O–H groups in total. The number of hydrogen-bond donors (Lipinski definition) is 0. The average Bonchev–Trinajstić information content (AvgIpc) is 3.28. The van der Waals surface area contributed by atoms with Crippen LogP contribution in [0, 0.1) is 0 Å². The minimum atomic E-state index is -0.143. The van der Waals surface area contributed by atoms with Gasteiger partial charge in [0, 0.05) is 11.9 Å². The number of nitrogens with zero attached hydrogens (tertiary/aromatic N) is 2. The highest BCUT2D eigenvalue weighted by molar-refractivity contribution is 7.13. The van der Waals surface area contributed by atoms with Crippen molar-refractivity contribution < 1.29 is 19.0 Å². The molecule has 1 aliphatic rings. The monoisotopic (exact) mass is 424 g/mol. The zero-order valence-electron chi connectivity index (χ0n) is 17.2. The van der Waals surface area contributed by atoms with E-state index in [1.165, 1.54) is 11.3 Å². The summed E-state index contributed by atoms with van der Waals surface area (Å²) >= 11 is 1.42. The standard InChI is InChI=1S/C23H24N2O4S/c1-15-12-25(13-20(29-15)16-8-5-4-6-9-16)23(26)18-14-30-22(24-18)17-10-7-11-19(27-2)21(17)28-3/h4-11,14-15,20H,12-13H2,1-3H3/t15-,20-/m1/s1. The molecule has 4 rings (SSSR count). The molecule has 2 aromatic carbocycles. The first-order chi connectivity index (χ1) is 14.6. The summed E-state index contributed by atoms with van der Waals surface area (Å²) in [5, 5.41) is 2.52. The normalized spacial score (nSPS) is 18.8. The lowest BCUT2D eigenvalue weighted by molar-refractivity contribution is -0.0692. The molecule has 1 amide bonds. The summed E-state index contributed by atoms with van der Waals surface area (Å²) in [5.74, 6) is 1.15. The van der Waals surface area contributed by atoms with Crippen molar-refractivity contribution in [3.63, 3.8) is 0 Å². The Bertz CT molecular complexity index is 1020. The van der Waals surface area contributed by atoms with Gasteiger partial charge in [0.1, 0.15) is 16.8 Å². The van der Waals surface area contributed by atoms with Crippen LogP contribution < -0.4 is 9.47 Å². The summed E-state index contributed by atoms with van der Waals surface area (Å²) in [6.07, 6.45) is -0.194. The number of carbonyl (C=O) groups is 1. The number of ether oxygens (including phenoxy) is 3. The molecule has 0 unspecified atom stereocenters. The first kappa shape index (κ1) is 20.4. The van der Waals surface area contributed by atoms with Gasteiger partial charge in [-0.15, -0.1) is 11.3 Å². The molecule has 0 bridgehead atoms. The van der Waals surface area contributed by atoms with Crippen LogP contribution in [-0.4, -0.2) is 49.2 Å². The number of amides is 1. The predicted molar refractivity (Wildman–Crippen MR) is 116 cm³/mol. The molecule has 1 saturated heterocycles. The number of morpholine rings is 1. The van der Waals surface area contributed by atoms with Crippen molar-refractivity contribution in [1.29, 1.82) is 0 Å². The summed E-state index contributed by atoms with van der Waals surface area (Å²) in [4.78, 5) is 19.6. The second-order valence-corrected chi connectivity index (χ2v) is 7.99. The summed E-state index contributed by atoms with van der Waals surface area (Å²) in [6, 6.07) is 15.6. The average molecular weight is 425 g/mol. The molecule has 2 heterocycles. The van der Waals surface area contributed by atoms with Crippen LogP contribution in [0.1, 0.15) is 29.1 Å². The van der Waals surface area contributed by atoms with Crippen LogP contribution in [0.5, 0.6) is 11.5 Å². The maximum atomic E-state index is 13.2. The minimum absolute atomic E-state index is 0.0514. The molecular weight excluding hydrogens is 400 g/mol. The second kappa shape index (κ2) is 8.85. The first-order valence-corrected chi connectivity index (χ1v) is 10.6. The van der Waals surface area contributed by atoms with E-state index in [2.05, 4.69) is 4.98 Å². The number of aromatic nitrogens is 1. The van der Waals surface area contributed by atoms with Crippen molar-refractivity contribution in [2.45, 2.75) is 19.1 Å². The fourth-order valence-corrected chi connectivity index (χ4v) is 4.50. The Morgan fingerprint density at radius 1 is 1.10 bits per heavy atom. The number of carbonyl (C=O) groups excluding carboxylic acids is 1. The molecule has 1 fully saturated rings. The fraction of sp³-hybridized carbons (Fsp3) is 0.304. The summed E-state index contributed by atoms with van der Waals surface area (Å²) in [5.41, 5.74) is 2.31. The molecule has 6 nitrogen and oxygen atoms in total. The molecule has 2 atom stereocenters. The maximum absolute atomic E-state index is 13.2. The van der Waals surface area contributed by atoms with Gasteiger partial charge < -0.3 is 19.1 Å². The van der Waals surface area contributed by atoms with Crippen LogP contribution in [0.2, 0.25) is 0 Å². The largest absolute Gasteiger partial charge is 0.493 e. The van der Waals surface area contributed by atoms with E-state index in [0.29, 0.717) is 30.3 Å². The van der Waals surface area contributed by atoms with Crippen molar-refractivity contribution in [3.05, 3.63) is 65.2 Å². The van der Waals surface area contributed by atoms with Gasteiger partial charge in [-0.05, 0) is 24.6 Å². The molecule has 0 spiro atoms. The molecule has 0 radical (unpaired) electrons. The fourth-order valence-electron chi connectivity index (χ4n) is 3.68. The van der Waals surface area contributed by atoms with Crippen LogP contribution in [0.3, 0.4) is 0 Å². The van der Waals surface area contributed by atoms with Gasteiger partial charge in [-0.25, -0.2) is 4.98 Å². The van der Waals surface area contributed by atoms with Crippen molar-refractivity contribution in [3.8, 4) is 22.1 Å². The van der Waals surface area contributed by atoms with Gasteiger partial charge in [-0.2, -0.15) is 0 Å². The number of hydrogen-bond acceptors (Lipinski definition) is 6. The molecule has 1 aliphatic heterocycles. The second-order valence-electron chi connectivity index (χ2n) is 7.14. The smallest absolute Gasteiger partial charge is 0.273 e. The Hall–Kier alpha value is -2.90. The Kier molecular flexibility index (Phi) is 6.01. The Labute approximate surface area is 180 Å². The van der Waals surface area contributed by atoms with Crippen LogP contribution >= 0.6 is 11.3 Å². The lowest BCUT2D eigenvalue weighted by Gasteiger charge is -2.36. The predicted octanol–water partition coefficient (Wildman–Crippen LogP) is 4.43. The lowest BCUT2D eigenvalue weighted by Crippen LogP contribution is -2.46. The van der Waals surface area contributed by atoms with E-state index >= 15 is 0 Å². The zero-order chi connectivity index (χ0) is 21.1. The number of benzene rings is 2. The van der Waals surface area contributed by atoms with Gasteiger partial charge in [0.05, 0.1) is 32.4 Å². The van der Waals surface area contributed by atoms with Crippen LogP contribution in [-0.2, 0) is 4.74 Å². The highest BCUT2D eigenvalue weighted by Crippen LogP contribution is 2.39. The summed E-state index contributed by atoms with van der Waals surface area (Å²) < 4.78 is 17.0. The Morgan fingerprint density at radius 3 is 2.63 bits per heavy atom.